The molecule has 2 rings (SSSR count). The van der Waals surface area contributed by atoms with Gasteiger partial charge in [0.05, 0.1) is 7.11 Å². The zero-order valence-electron chi connectivity index (χ0n) is 10.5. The Morgan fingerprint density at radius 2 is 2.22 bits per heavy atom. The van der Waals surface area contributed by atoms with E-state index in [1.807, 2.05) is 24.4 Å². The molecule has 0 amide bonds. The van der Waals surface area contributed by atoms with Gasteiger partial charge in [-0.3, -0.25) is 0 Å². The topological polar surface area (TPSA) is 22.1 Å². The predicted octanol–water partition coefficient (Wildman–Crippen LogP) is 4.35. The molecule has 4 heteroatoms. The third kappa shape index (κ3) is 3.09. The molecule has 18 heavy (non-hydrogen) atoms. The van der Waals surface area contributed by atoms with E-state index >= 15 is 0 Å². The molecule has 1 aromatic carbocycles. The van der Waals surface area contributed by atoms with Crippen molar-refractivity contribution in [2.75, 3.05) is 13.0 Å². The standard InChI is InChI=1S/C14H16ClNOS/c1-10(5-7-15)18-14-13-4-3-12(17-2)9-11(13)6-8-16-14/h3-4,6,8-10H,5,7H2,1-2H3. The Kier molecular flexibility index (Phi) is 4.72. The maximum atomic E-state index is 5.77. The Morgan fingerprint density at radius 3 is 2.94 bits per heavy atom. The molecule has 1 heterocycles. The fourth-order valence-corrected chi connectivity index (χ4v) is 3.26. The van der Waals surface area contributed by atoms with Gasteiger partial charge in [-0.2, -0.15) is 0 Å². The number of aromatic nitrogens is 1. The average Bonchev–Trinajstić information content (AvgIpc) is 2.38. The van der Waals surface area contributed by atoms with E-state index in [2.05, 4.69) is 18.0 Å². The van der Waals surface area contributed by atoms with Crippen molar-refractivity contribution in [1.29, 1.82) is 0 Å². The van der Waals surface area contributed by atoms with Crippen molar-refractivity contribution >= 4 is 34.1 Å². The van der Waals surface area contributed by atoms with Crippen molar-refractivity contribution in [2.45, 2.75) is 23.6 Å². The van der Waals surface area contributed by atoms with Crippen LogP contribution < -0.4 is 4.74 Å². The zero-order valence-corrected chi connectivity index (χ0v) is 12.1. The normalized spacial score (nSPS) is 12.6. The van der Waals surface area contributed by atoms with Crippen LogP contribution in [0, 0.1) is 0 Å². The minimum atomic E-state index is 0.475. The number of pyridine rings is 1. The van der Waals surface area contributed by atoms with Crippen molar-refractivity contribution in [3.63, 3.8) is 0 Å². The molecular formula is C14H16ClNOS. The Morgan fingerprint density at radius 1 is 1.39 bits per heavy atom. The van der Waals surface area contributed by atoms with Crippen LogP contribution in [-0.2, 0) is 0 Å². The summed E-state index contributed by atoms with van der Waals surface area (Å²) < 4.78 is 5.24. The summed E-state index contributed by atoms with van der Waals surface area (Å²) in [5, 5.41) is 3.87. The Labute approximate surface area is 117 Å². The molecule has 2 aromatic rings. The summed E-state index contributed by atoms with van der Waals surface area (Å²) in [6.45, 7) is 2.18. The highest BCUT2D eigenvalue weighted by Crippen LogP contribution is 2.31. The lowest BCUT2D eigenvalue weighted by molar-refractivity contribution is 0.415. The molecule has 0 spiro atoms. The van der Waals surface area contributed by atoms with Crippen LogP contribution in [0.3, 0.4) is 0 Å². The average molecular weight is 282 g/mol. The molecule has 0 radical (unpaired) electrons. The largest absolute Gasteiger partial charge is 0.497 e. The third-order valence-corrected chi connectivity index (χ3v) is 4.17. The van der Waals surface area contributed by atoms with Gasteiger partial charge in [0.1, 0.15) is 10.8 Å². The van der Waals surface area contributed by atoms with Gasteiger partial charge in [-0.05, 0) is 36.1 Å². The van der Waals surface area contributed by atoms with E-state index in [9.17, 15) is 0 Å². The number of benzene rings is 1. The first kappa shape index (κ1) is 13.5. The highest BCUT2D eigenvalue weighted by Gasteiger charge is 2.09. The van der Waals surface area contributed by atoms with Gasteiger partial charge >= 0.3 is 0 Å². The molecule has 1 aromatic heterocycles. The first-order chi connectivity index (χ1) is 8.74. The molecule has 1 atom stereocenters. The van der Waals surface area contributed by atoms with Crippen molar-refractivity contribution in [2.24, 2.45) is 0 Å². The molecular weight excluding hydrogens is 266 g/mol. The molecule has 0 N–H and O–H groups in total. The number of fused-ring (bicyclic) bond motifs is 1. The molecule has 0 aliphatic rings. The molecule has 0 bridgehead atoms. The summed E-state index contributed by atoms with van der Waals surface area (Å²) in [6, 6.07) is 8.08. The summed E-state index contributed by atoms with van der Waals surface area (Å²) in [4.78, 5) is 4.46. The van der Waals surface area contributed by atoms with Gasteiger partial charge in [0, 0.05) is 22.7 Å². The van der Waals surface area contributed by atoms with E-state index in [-0.39, 0.29) is 0 Å². The molecule has 0 aliphatic carbocycles. The molecule has 0 fully saturated rings. The highest BCUT2D eigenvalue weighted by atomic mass is 35.5. The monoisotopic (exact) mass is 281 g/mol. The number of alkyl halides is 1. The van der Waals surface area contributed by atoms with Crippen LogP contribution in [0.4, 0.5) is 0 Å². The van der Waals surface area contributed by atoms with Crippen LogP contribution in [-0.4, -0.2) is 23.2 Å². The van der Waals surface area contributed by atoms with Gasteiger partial charge in [0.25, 0.3) is 0 Å². The molecule has 0 saturated carbocycles. The molecule has 2 nitrogen and oxygen atoms in total. The van der Waals surface area contributed by atoms with E-state index in [4.69, 9.17) is 16.3 Å². The Hall–Kier alpha value is -0.930. The number of thioether (sulfide) groups is 1. The number of halogens is 1. The maximum Gasteiger partial charge on any atom is 0.119 e. The summed E-state index contributed by atoms with van der Waals surface area (Å²) in [6.07, 6.45) is 2.83. The van der Waals surface area contributed by atoms with Crippen LogP contribution in [0.1, 0.15) is 13.3 Å². The zero-order chi connectivity index (χ0) is 13.0. The van der Waals surface area contributed by atoms with Gasteiger partial charge in [0.2, 0.25) is 0 Å². The second kappa shape index (κ2) is 6.30. The Balaban J connectivity index is 2.33. The predicted molar refractivity (Wildman–Crippen MR) is 79.0 cm³/mol. The van der Waals surface area contributed by atoms with Gasteiger partial charge in [-0.25, -0.2) is 4.98 Å². The molecule has 1 unspecified atom stereocenters. The number of hydrogen-bond donors (Lipinski definition) is 0. The molecule has 96 valence electrons. The molecule has 0 saturated heterocycles. The lowest BCUT2D eigenvalue weighted by Crippen LogP contribution is -1.97. The summed E-state index contributed by atoms with van der Waals surface area (Å²) in [5.41, 5.74) is 0. The van der Waals surface area contributed by atoms with Crippen molar-refractivity contribution in [1.82, 2.24) is 4.98 Å². The van der Waals surface area contributed by atoms with Crippen LogP contribution in [0.5, 0.6) is 5.75 Å². The maximum absolute atomic E-state index is 5.77. The van der Waals surface area contributed by atoms with Gasteiger partial charge in [-0.1, -0.05) is 6.92 Å². The summed E-state index contributed by atoms with van der Waals surface area (Å²) in [7, 11) is 1.68. The Bertz CT molecular complexity index is 532. The fraction of sp³-hybridized carbons (Fsp3) is 0.357. The van der Waals surface area contributed by atoms with E-state index in [0.29, 0.717) is 11.1 Å². The highest BCUT2D eigenvalue weighted by molar-refractivity contribution is 8.00. The lowest BCUT2D eigenvalue weighted by Gasteiger charge is -2.11. The first-order valence-electron chi connectivity index (χ1n) is 5.90. The third-order valence-electron chi connectivity index (χ3n) is 2.76. The summed E-state index contributed by atoms with van der Waals surface area (Å²) in [5.74, 6) is 1.56. The second-order valence-electron chi connectivity index (χ2n) is 4.11. The number of methoxy groups -OCH3 is 1. The van der Waals surface area contributed by atoms with Crippen LogP contribution >= 0.6 is 23.4 Å². The van der Waals surface area contributed by atoms with Crippen LogP contribution in [0.2, 0.25) is 0 Å². The van der Waals surface area contributed by atoms with Crippen molar-refractivity contribution in [3.8, 4) is 5.75 Å². The molecule has 0 aliphatic heterocycles. The number of hydrogen-bond acceptors (Lipinski definition) is 3. The van der Waals surface area contributed by atoms with E-state index in [1.54, 1.807) is 18.9 Å². The number of ether oxygens (including phenoxy) is 1. The first-order valence-corrected chi connectivity index (χ1v) is 7.31. The van der Waals surface area contributed by atoms with Crippen molar-refractivity contribution < 1.29 is 4.74 Å². The quantitative estimate of drug-likeness (QED) is 0.601. The van der Waals surface area contributed by atoms with E-state index in [0.717, 1.165) is 22.6 Å². The fourth-order valence-electron chi connectivity index (χ4n) is 1.75. The van der Waals surface area contributed by atoms with Crippen LogP contribution in [0.15, 0.2) is 35.5 Å². The SMILES string of the molecule is COc1ccc2c(SC(C)CCCl)nccc2c1. The minimum absolute atomic E-state index is 0.475. The summed E-state index contributed by atoms with van der Waals surface area (Å²) >= 11 is 7.54. The smallest absolute Gasteiger partial charge is 0.119 e. The van der Waals surface area contributed by atoms with E-state index < -0.39 is 0 Å². The van der Waals surface area contributed by atoms with E-state index in [1.165, 1.54) is 5.39 Å². The van der Waals surface area contributed by atoms with Crippen LogP contribution in [0.25, 0.3) is 10.8 Å². The van der Waals surface area contributed by atoms with Crippen molar-refractivity contribution in [3.05, 3.63) is 30.5 Å². The lowest BCUT2D eigenvalue weighted by atomic mass is 10.2. The van der Waals surface area contributed by atoms with Gasteiger partial charge < -0.3 is 4.74 Å². The van der Waals surface area contributed by atoms with Gasteiger partial charge in [-0.15, -0.1) is 23.4 Å². The van der Waals surface area contributed by atoms with Gasteiger partial charge in [0.15, 0.2) is 0 Å². The number of nitrogens with zero attached hydrogens (tertiary/aromatic N) is 1. The number of rotatable bonds is 5. The minimum Gasteiger partial charge on any atom is -0.497 e. The second-order valence-corrected chi connectivity index (χ2v) is 5.91.